The summed E-state index contributed by atoms with van der Waals surface area (Å²) in [6.07, 6.45) is 0.441. The molecule has 3 rings (SSSR count). The van der Waals surface area contributed by atoms with Crippen LogP contribution in [-0.4, -0.2) is 24.1 Å². The van der Waals surface area contributed by atoms with Gasteiger partial charge in [-0.25, -0.2) is 0 Å². The van der Waals surface area contributed by atoms with Crippen LogP contribution in [0.15, 0.2) is 53.4 Å². The first kappa shape index (κ1) is 14.3. The molecular formula is C17H18O3S. The Balaban J connectivity index is 1.64. The van der Waals surface area contributed by atoms with Crippen molar-refractivity contribution in [2.45, 2.75) is 17.4 Å². The SMILES string of the molecule is OC(CSc1ccc2c(c1)OCCCO2)c1ccccc1. The van der Waals surface area contributed by atoms with E-state index in [9.17, 15) is 5.11 Å². The molecule has 1 N–H and O–H groups in total. The van der Waals surface area contributed by atoms with Crippen molar-refractivity contribution in [3.63, 3.8) is 0 Å². The lowest BCUT2D eigenvalue weighted by Gasteiger charge is -2.12. The molecule has 0 saturated carbocycles. The molecule has 4 heteroatoms. The van der Waals surface area contributed by atoms with Crippen molar-refractivity contribution in [1.82, 2.24) is 0 Å². The molecule has 1 aliphatic heterocycles. The summed E-state index contributed by atoms with van der Waals surface area (Å²) < 4.78 is 11.3. The van der Waals surface area contributed by atoms with E-state index >= 15 is 0 Å². The monoisotopic (exact) mass is 302 g/mol. The maximum absolute atomic E-state index is 10.2. The number of hydrogen-bond acceptors (Lipinski definition) is 4. The maximum atomic E-state index is 10.2. The molecule has 0 radical (unpaired) electrons. The van der Waals surface area contributed by atoms with Gasteiger partial charge in [-0.2, -0.15) is 0 Å². The molecule has 3 nitrogen and oxygen atoms in total. The highest BCUT2D eigenvalue weighted by molar-refractivity contribution is 7.99. The molecule has 0 aliphatic carbocycles. The second-order valence-electron chi connectivity index (χ2n) is 4.90. The topological polar surface area (TPSA) is 38.7 Å². The van der Waals surface area contributed by atoms with E-state index in [2.05, 4.69) is 0 Å². The lowest BCUT2D eigenvalue weighted by atomic mass is 10.1. The summed E-state index contributed by atoms with van der Waals surface area (Å²) in [5.74, 6) is 2.22. The highest BCUT2D eigenvalue weighted by atomic mass is 32.2. The van der Waals surface area contributed by atoms with E-state index in [1.165, 1.54) is 0 Å². The van der Waals surface area contributed by atoms with Gasteiger partial charge in [-0.3, -0.25) is 0 Å². The largest absolute Gasteiger partial charge is 0.490 e. The second-order valence-corrected chi connectivity index (χ2v) is 5.99. The van der Waals surface area contributed by atoms with Crippen molar-refractivity contribution in [3.8, 4) is 11.5 Å². The van der Waals surface area contributed by atoms with Gasteiger partial charge in [0.05, 0.1) is 19.3 Å². The first-order valence-corrected chi connectivity index (χ1v) is 8.07. The summed E-state index contributed by atoms with van der Waals surface area (Å²) in [7, 11) is 0. The average molecular weight is 302 g/mol. The lowest BCUT2D eigenvalue weighted by molar-refractivity contribution is 0.204. The van der Waals surface area contributed by atoms with E-state index < -0.39 is 6.10 Å². The Hall–Kier alpha value is -1.65. The molecule has 1 heterocycles. The molecule has 2 aromatic carbocycles. The number of aliphatic hydroxyl groups is 1. The molecule has 0 bridgehead atoms. The van der Waals surface area contributed by atoms with E-state index in [1.807, 2.05) is 48.5 Å². The van der Waals surface area contributed by atoms with Gasteiger partial charge in [-0.15, -0.1) is 11.8 Å². The van der Waals surface area contributed by atoms with Crippen molar-refractivity contribution >= 4 is 11.8 Å². The minimum absolute atomic E-state index is 0.466. The molecule has 110 valence electrons. The Bertz CT molecular complexity index is 586. The van der Waals surface area contributed by atoms with Crippen LogP contribution >= 0.6 is 11.8 Å². The predicted molar refractivity (Wildman–Crippen MR) is 84.2 cm³/mol. The minimum Gasteiger partial charge on any atom is -0.490 e. The molecular weight excluding hydrogens is 284 g/mol. The summed E-state index contributed by atoms with van der Waals surface area (Å²) in [6, 6.07) is 15.7. The lowest BCUT2D eigenvalue weighted by Crippen LogP contribution is -2.00. The number of aliphatic hydroxyl groups excluding tert-OH is 1. The Kier molecular flexibility index (Phi) is 4.68. The van der Waals surface area contributed by atoms with Crippen LogP contribution in [0.4, 0.5) is 0 Å². The molecule has 0 fully saturated rings. The highest BCUT2D eigenvalue weighted by Crippen LogP contribution is 2.35. The molecule has 0 amide bonds. The molecule has 0 aromatic heterocycles. The highest BCUT2D eigenvalue weighted by Gasteiger charge is 2.12. The van der Waals surface area contributed by atoms with Crippen molar-refractivity contribution in [3.05, 3.63) is 54.1 Å². The summed E-state index contributed by atoms with van der Waals surface area (Å²) in [5.41, 5.74) is 0.944. The zero-order valence-corrected chi connectivity index (χ0v) is 12.5. The molecule has 2 aromatic rings. The van der Waals surface area contributed by atoms with Gasteiger partial charge in [0, 0.05) is 17.1 Å². The number of fused-ring (bicyclic) bond motifs is 1. The molecule has 1 atom stereocenters. The smallest absolute Gasteiger partial charge is 0.162 e. The molecule has 1 aliphatic rings. The van der Waals surface area contributed by atoms with Gasteiger partial charge in [-0.1, -0.05) is 30.3 Å². The third-order valence-corrected chi connectivity index (χ3v) is 4.38. The third-order valence-electron chi connectivity index (χ3n) is 3.31. The van der Waals surface area contributed by atoms with Gasteiger partial charge in [0.2, 0.25) is 0 Å². The Labute approximate surface area is 128 Å². The first-order valence-electron chi connectivity index (χ1n) is 7.08. The van der Waals surface area contributed by atoms with Crippen LogP contribution in [0.25, 0.3) is 0 Å². The Morgan fingerprint density at radius 1 is 1.00 bits per heavy atom. The summed E-state index contributed by atoms with van der Waals surface area (Å²) in [6.45, 7) is 1.39. The number of thioether (sulfide) groups is 1. The predicted octanol–water partition coefficient (Wildman–Crippen LogP) is 3.67. The second kappa shape index (κ2) is 6.87. The van der Waals surface area contributed by atoms with Crippen LogP contribution < -0.4 is 9.47 Å². The van der Waals surface area contributed by atoms with Crippen LogP contribution in [0.1, 0.15) is 18.1 Å². The number of benzene rings is 2. The van der Waals surface area contributed by atoms with Crippen LogP contribution in [0, 0.1) is 0 Å². The summed E-state index contributed by atoms with van der Waals surface area (Å²) in [4.78, 5) is 1.08. The summed E-state index contributed by atoms with van der Waals surface area (Å²) >= 11 is 1.62. The van der Waals surface area contributed by atoms with Crippen molar-refractivity contribution in [1.29, 1.82) is 0 Å². The van der Waals surface area contributed by atoms with Crippen molar-refractivity contribution in [2.75, 3.05) is 19.0 Å². The Morgan fingerprint density at radius 2 is 1.76 bits per heavy atom. The van der Waals surface area contributed by atoms with Crippen LogP contribution in [0.2, 0.25) is 0 Å². The number of ether oxygens (including phenoxy) is 2. The van der Waals surface area contributed by atoms with E-state index in [0.717, 1.165) is 28.4 Å². The summed E-state index contributed by atoms with van der Waals surface area (Å²) in [5, 5.41) is 10.2. The third kappa shape index (κ3) is 3.71. The van der Waals surface area contributed by atoms with Gasteiger partial charge in [-0.05, 0) is 23.8 Å². The molecule has 0 spiro atoms. The van der Waals surface area contributed by atoms with Crippen molar-refractivity contribution in [2.24, 2.45) is 0 Å². The van der Waals surface area contributed by atoms with E-state index in [-0.39, 0.29) is 0 Å². The quantitative estimate of drug-likeness (QED) is 0.875. The van der Waals surface area contributed by atoms with Gasteiger partial charge >= 0.3 is 0 Å². The zero-order valence-electron chi connectivity index (χ0n) is 11.7. The fourth-order valence-corrected chi connectivity index (χ4v) is 3.08. The van der Waals surface area contributed by atoms with Gasteiger partial charge in [0.15, 0.2) is 11.5 Å². The standard InChI is InChI=1S/C17H18O3S/c18-15(13-5-2-1-3-6-13)12-21-14-7-8-16-17(11-14)20-10-4-9-19-16/h1-3,5-8,11,15,18H,4,9-10,12H2. The molecule has 21 heavy (non-hydrogen) atoms. The van der Waals surface area contributed by atoms with E-state index in [0.29, 0.717) is 19.0 Å². The van der Waals surface area contributed by atoms with Crippen molar-refractivity contribution < 1.29 is 14.6 Å². The van der Waals surface area contributed by atoms with Gasteiger partial charge in [0.25, 0.3) is 0 Å². The fraction of sp³-hybridized carbons (Fsp3) is 0.294. The maximum Gasteiger partial charge on any atom is 0.162 e. The number of hydrogen-bond donors (Lipinski definition) is 1. The van der Waals surface area contributed by atoms with Gasteiger partial charge < -0.3 is 14.6 Å². The minimum atomic E-state index is -0.466. The Morgan fingerprint density at radius 3 is 2.57 bits per heavy atom. The normalized spacial score (nSPS) is 15.3. The first-order chi connectivity index (χ1) is 10.3. The van der Waals surface area contributed by atoms with E-state index in [1.54, 1.807) is 11.8 Å². The van der Waals surface area contributed by atoms with Crippen LogP contribution in [0.5, 0.6) is 11.5 Å². The molecule has 1 unspecified atom stereocenters. The average Bonchev–Trinajstić information content (AvgIpc) is 2.78. The number of rotatable bonds is 4. The van der Waals surface area contributed by atoms with E-state index in [4.69, 9.17) is 9.47 Å². The fourth-order valence-electron chi connectivity index (χ4n) is 2.18. The van der Waals surface area contributed by atoms with Gasteiger partial charge in [0.1, 0.15) is 0 Å². The van der Waals surface area contributed by atoms with Crippen LogP contribution in [0.3, 0.4) is 0 Å². The zero-order chi connectivity index (χ0) is 14.5. The van der Waals surface area contributed by atoms with Crippen LogP contribution in [-0.2, 0) is 0 Å². The molecule has 0 saturated heterocycles.